The van der Waals surface area contributed by atoms with Gasteiger partial charge < -0.3 is 10.1 Å². The van der Waals surface area contributed by atoms with E-state index < -0.39 is 10.0 Å². The molecular weight excluding hydrogens is 414 g/mol. The number of sulfonamides is 1. The molecular formula is C23H29N3O4S. The molecule has 4 rings (SSSR count). The Balaban J connectivity index is 1.38. The Morgan fingerprint density at radius 2 is 1.77 bits per heavy atom. The standard InChI is InChI=1S/C23H29N3O4S/c27-23(18-6-2-1-3-7-18)25-19-8-5-15-26(17-19)31(28,29)22-12-10-20(11-13-22)30-21-9-4-14-24-16-21/h4,9-14,16,18-19H,1-3,5-8,15,17H2,(H,25,27). The minimum absolute atomic E-state index is 0.0769. The topological polar surface area (TPSA) is 88.6 Å². The molecule has 7 nitrogen and oxygen atoms in total. The van der Waals surface area contributed by atoms with Gasteiger partial charge in [0.1, 0.15) is 11.5 Å². The number of rotatable bonds is 6. The molecule has 2 aromatic rings. The highest BCUT2D eigenvalue weighted by atomic mass is 32.2. The predicted molar refractivity (Wildman–Crippen MR) is 117 cm³/mol. The average Bonchev–Trinajstić information content (AvgIpc) is 2.81. The van der Waals surface area contributed by atoms with Gasteiger partial charge in [-0.1, -0.05) is 19.3 Å². The molecule has 2 aliphatic rings. The van der Waals surface area contributed by atoms with Crippen molar-refractivity contribution in [3.05, 3.63) is 48.8 Å². The summed E-state index contributed by atoms with van der Waals surface area (Å²) < 4.78 is 33.5. The number of piperidine rings is 1. The van der Waals surface area contributed by atoms with Crippen LogP contribution in [0, 0.1) is 5.92 Å². The minimum atomic E-state index is -3.63. The van der Waals surface area contributed by atoms with Crippen molar-refractivity contribution in [3.63, 3.8) is 0 Å². The van der Waals surface area contributed by atoms with Gasteiger partial charge in [-0.2, -0.15) is 4.31 Å². The quantitative estimate of drug-likeness (QED) is 0.735. The van der Waals surface area contributed by atoms with E-state index in [-0.39, 0.29) is 22.8 Å². The summed E-state index contributed by atoms with van der Waals surface area (Å²) in [5.74, 6) is 1.29. The van der Waals surface area contributed by atoms with Crippen LogP contribution in [0.1, 0.15) is 44.9 Å². The van der Waals surface area contributed by atoms with E-state index in [2.05, 4.69) is 10.3 Å². The molecule has 166 valence electrons. The third-order valence-electron chi connectivity index (χ3n) is 6.04. The van der Waals surface area contributed by atoms with Crippen molar-refractivity contribution in [2.75, 3.05) is 13.1 Å². The molecule has 1 aromatic carbocycles. The highest BCUT2D eigenvalue weighted by Gasteiger charge is 2.32. The van der Waals surface area contributed by atoms with Gasteiger partial charge in [0.2, 0.25) is 15.9 Å². The van der Waals surface area contributed by atoms with Crippen LogP contribution >= 0.6 is 0 Å². The normalized spacial score (nSPS) is 20.8. The first-order valence-corrected chi connectivity index (χ1v) is 12.4. The third-order valence-corrected chi connectivity index (χ3v) is 7.92. The molecule has 2 fully saturated rings. The summed E-state index contributed by atoms with van der Waals surface area (Å²) in [4.78, 5) is 16.8. The van der Waals surface area contributed by atoms with Crippen LogP contribution < -0.4 is 10.1 Å². The van der Waals surface area contributed by atoms with Gasteiger partial charge in [-0.15, -0.1) is 0 Å². The molecule has 1 N–H and O–H groups in total. The van der Waals surface area contributed by atoms with Crippen LogP contribution in [0.4, 0.5) is 0 Å². The van der Waals surface area contributed by atoms with Crippen molar-refractivity contribution < 1.29 is 17.9 Å². The molecule has 1 aromatic heterocycles. The second-order valence-corrected chi connectivity index (χ2v) is 10.2. The van der Waals surface area contributed by atoms with Gasteiger partial charge >= 0.3 is 0 Å². The van der Waals surface area contributed by atoms with Crippen LogP contribution in [-0.2, 0) is 14.8 Å². The molecule has 1 aliphatic heterocycles. The van der Waals surface area contributed by atoms with E-state index in [4.69, 9.17) is 4.74 Å². The number of carbonyl (C=O) groups excluding carboxylic acids is 1. The molecule has 1 amide bonds. The molecule has 1 unspecified atom stereocenters. The number of nitrogens with zero attached hydrogens (tertiary/aromatic N) is 2. The lowest BCUT2D eigenvalue weighted by Crippen LogP contribution is -2.50. The van der Waals surface area contributed by atoms with Crippen molar-refractivity contribution in [1.82, 2.24) is 14.6 Å². The van der Waals surface area contributed by atoms with Crippen LogP contribution in [0.3, 0.4) is 0 Å². The lowest BCUT2D eigenvalue weighted by molar-refractivity contribution is -0.126. The molecule has 0 radical (unpaired) electrons. The second kappa shape index (κ2) is 9.78. The lowest BCUT2D eigenvalue weighted by atomic mass is 9.88. The first-order valence-electron chi connectivity index (χ1n) is 11.0. The third kappa shape index (κ3) is 5.43. The summed E-state index contributed by atoms with van der Waals surface area (Å²) >= 11 is 0. The van der Waals surface area contributed by atoms with E-state index in [0.717, 1.165) is 38.5 Å². The van der Waals surface area contributed by atoms with Crippen molar-refractivity contribution >= 4 is 15.9 Å². The predicted octanol–water partition coefficient (Wildman–Crippen LogP) is 3.72. The summed E-state index contributed by atoms with van der Waals surface area (Å²) in [5, 5.41) is 3.11. The smallest absolute Gasteiger partial charge is 0.243 e. The van der Waals surface area contributed by atoms with Crippen molar-refractivity contribution in [2.24, 2.45) is 5.92 Å². The van der Waals surface area contributed by atoms with Gasteiger partial charge in [0, 0.05) is 31.2 Å². The molecule has 2 heterocycles. The van der Waals surface area contributed by atoms with Gasteiger partial charge in [0.05, 0.1) is 11.1 Å². The average molecular weight is 444 g/mol. The maximum atomic E-state index is 13.2. The van der Waals surface area contributed by atoms with E-state index in [9.17, 15) is 13.2 Å². The Bertz CT molecular complexity index is 974. The number of aromatic nitrogens is 1. The van der Waals surface area contributed by atoms with E-state index in [0.29, 0.717) is 24.6 Å². The molecule has 1 aliphatic carbocycles. The first kappa shape index (κ1) is 21.8. The fourth-order valence-electron chi connectivity index (χ4n) is 4.33. The summed E-state index contributed by atoms with van der Waals surface area (Å²) in [5.41, 5.74) is 0. The van der Waals surface area contributed by atoms with Gasteiger partial charge in [-0.3, -0.25) is 9.78 Å². The fourth-order valence-corrected chi connectivity index (χ4v) is 5.86. The molecule has 1 atom stereocenters. The summed E-state index contributed by atoms with van der Waals surface area (Å²) in [7, 11) is -3.63. The van der Waals surface area contributed by atoms with Gasteiger partial charge in [-0.25, -0.2) is 8.42 Å². The number of benzene rings is 1. The number of ether oxygens (including phenoxy) is 1. The number of hydrogen-bond donors (Lipinski definition) is 1. The lowest BCUT2D eigenvalue weighted by Gasteiger charge is -2.33. The van der Waals surface area contributed by atoms with Crippen LogP contribution in [0.2, 0.25) is 0 Å². The Kier molecular flexibility index (Phi) is 6.87. The summed E-state index contributed by atoms with van der Waals surface area (Å²) in [6.45, 7) is 0.779. The molecule has 8 heteroatoms. The largest absolute Gasteiger partial charge is 0.456 e. The van der Waals surface area contributed by atoms with Gasteiger partial charge in [-0.05, 0) is 62.1 Å². The van der Waals surface area contributed by atoms with E-state index in [1.807, 2.05) is 0 Å². The fraction of sp³-hybridized carbons (Fsp3) is 0.478. The second-order valence-electron chi connectivity index (χ2n) is 8.31. The Morgan fingerprint density at radius 3 is 2.48 bits per heavy atom. The highest BCUT2D eigenvalue weighted by molar-refractivity contribution is 7.89. The number of amides is 1. The van der Waals surface area contributed by atoms with Crippen LogP contribution in [0.5, 0.6) is 11.5 Å². The van der Waals surface area contributed by atoms with Gasteiger partial charge in [0.25, 0.3) is 0 Å². The van der Waals surface area contributed by atoms with Gasteiger partial charge in [0.15, 0.2) is 0 Å². The van der Waals surface area contributed by atoms with E-state index >= 15 is 0 Å². The van der Waals surface area contributed by atoms with Crippen molar-refractivity contribution in [2.45, 2.75) is 55.9 Å². The minimum Gasteiger partial charge on any atom is -0.456 e. The molecule has 0 spiro atoms. The summed E-state index contributed by atoms with van der Waals surface area (Å²) in [6, 6.07) is 9.84. The van der Waals surface area contributed by atoms with Crippen molar-refractivity contribution in [3.8, 4) is 11.5 Å². The first-order chi connectivity index (χ1) is 15.0. The van der Waals surface area contributed by atoms with Crippen LogP contribution in [-0.4, -0.2) is 42.7 Å². The SMILES string of the molecule is O=C(NC1CCCN(S(=O)(=O)c2ccc(Oc3cccnc3)cc2)C1)C1CCCCC1. The maximum Gasteiger partial charge on any atom is 0.243 e. The van der Waals surface area contributed by atoms with Crippen LogP contribution in [0.25, 0.3) is 0 Å². The monoisotopic (exact) mass is 443 g/mol. The Labute approximate surface area is 183 Å². The Hall–Kier alpha value is -2.45. The highest BCUT2D eigenvalue weighted by Crippen LogP contribution is 2.27. The van der Waals surface area contributed by atoms with E-state index in [1.165, 1.54) is 10.7 Å². The number of hydrogen-bond acceptors (Lipinski definition) is 5. The number of pyridine rings is 1. The Morgan fingerprint density at radius 1 is 1.00 bits per heavy atom. The molecule has 31 heavy (non-hydrogen) atoms. The number of carbonyl (C=O) groups is 1. The van der Waals surface area contributed by atoms with Crippen LogP contribution in [0.15, 0.2) is 53.7 Å². The summed E-state index contributed by atoms with van der Waals surface area (Å²) in [6.07, 6.45) is 10.1. The zero-order chi connectivity index (χ0) is 21.7. The molecule has 1 saturated carbocycles. The maximum absolute atomic E-state index is 13.2. The van der Waals surface area contributed by atoms with E-state index in [1.54, 1.807) is 48.8 Å². The zero-order valence-corrected chi connectivity index (χ0v) is 18.4. The molecule has 1 saturated heterocycles. The number of nitrogens with one attached hydrogen (secondary N) is 1. The van der Waals surface area contributed by atoms with Crippen molar-refractivity contribution in [1.29, 1.82) is 0 Å². The molecule has 0 bridgehead atoms. The zero-order valence-electron chi connectivity index (χ0n) is 17.6.